The fourth-order valence-electron chi connectivity index (χ4n) is 6.16. The van der Waals surface area contributed by atoms with E-state index in [4.69, 9.17) is 4.74 Å². The monoisotopic (exact) mass is 557 g/mol. The SMILES string of the molecule is Cn1c(=O)nnn1-c1cc(Nc2ncc(F)c(N[C@@H]3C[C@@H]4CCCN4C(C)(C)C3)n2)c(F)cc1OC1CC(O)C1. The second-order valence-corrected chi connectivity index (χ2v) is 11.5. The van der Waals surface area contributed by atoms with Gasteiger partial charge in [-0.1, -0.05) is 5.10 Å². The van der Waals surface area contributed by atoms with E-state index in [0.29, 0.717) is 18.9 Å². The van der Waals surface area contributed by atoms with Gasteiger partial charge in [0.05, 0.1) is 18.0 Å². The second kappa shape index (κ2) is 10.1. The molecular formula is C26H33F2N9O3. The van der Waals surface area contributed by atoms with Crippen LogP contribution < -0.4 is 21.1 Å². The van der Waals surface area contributed by atoms with Crippen LogP contribution in [-0.4, -0.2) is 76.1 Å². The Hall–Kier alpha value is -3.65. The molecule has 0 bridgehead atoms. The van der Waals surface area contributed by atoms with Gasteiger partial charge in [0.2, 0.25) is 5.95 Å². The Morgan fingerprint density at radius 1 is 1.18 bits per heavy atom. The van der Waals surface area contributed by atoms with Gasteiger partial charge in [-0.15, -0.1) is 4.80 Å². The lowest BCUT2D eigenvalue weighted by molar-refractivity contribution is -0.0110. The van der Waals surface area contributed by atoms with Gasteiger partial charge in [-0.25, -0.2) is 23.2 Å². The first-order valence-corrected chi connectivity index (χ1v) is 13.6. The van der Waals surface area contributed by atoms with Crippen LogP contribution in [0, 0.1) is 11.6 Å². The van der Waals surface area contributed by atoms with Crippen molar-refractivity contribution in [1.82, 2.24) is 34.7 Å². The van der Waals surface area contributed by atoms with Crippen molar-refractivity contribution in [2.45, 2.75) is 82.2 Å². The standard InChI is InChI=1S/C26H33F2N9O3/c1-26(2)12-14(7-15-5-4-6-36(15)26)30-23-19(28)13-29-24(32-23)31-20-11-21(37-34-33-25(39)35(37)3)22(10-18(20)27)40-17-8-16(38)9-17/h10-11,13-17,38H,4-9,12H2,1-3H3,(H2,29,30,31,32)/t14-,15+,16?,17?/m1/s1. The van der Waals surface area contributed by atoms with Crippen molar-refractivity contribution in [3.8, 4) is 11.4 Å². The summed E-state index contributed by atoms with van der Waals surface area (Å²) in [6, 6.07) is 3.04. The van der Waals surface area contributed by atoms with E-state index in [1.165, 1.54) is 24.3 Å². The molecule has 2 saturated heterocycles. The molecule has 0 amide bonds. The van der Waals surface area contributed by atoms with Gasteiger partial charge in [0.15, 0.2) is 17.5 Å². The van der Waals surface area contributed by atoms with Gasteiger partial charge < -0.3 is 20.5 Å². The molecule has 3 N–H and O–H groups in total. The fraction of sp³-hybridized carbons (Fsp3) is 0.577. The lowest BCUT2D eigenvalue weighted by atomic mass is 9.84. The number of tetrazole rings is 1. The lowest BCUT2D eigenvalue weighted by Crippen LogP contribution is -2.55. The molecule has 12 nitrogen and oxygen atoms in total. The number of hydrogen-bond acceptors (Lipinski definition) is 10. The number of nitrogens with zero attached hydrogens (tertiary/aromatic N) is 7. The van der Waals surface area contributed by atoms with Crippen molar-refractivity contribution in [2.75, 3.05) is 17.2 Å². The highest BCUT2D eigenvalue weighted by molar-refractivity contribution is 5.63. The molecule has 3 aromatic rings. The van der Waals surface area contributed by atoms with E-state index >= 15 is 4.39 Å². The number of fused-ring (bicyclic) bond motifs is 1. The Balaban J connectivity index is 1.26. The number of benzene rings is 1. The van der Waals surface area contributed by atoms with Gasteiger partial charge >= 0.3 is 5.69 Å². The topological polar surface area (TPSA) is 135 Å². The minimum absolute atomic E-state index is 0.00502. The van der Waals surface area contributed by atoms with Gasteiger partial charge in [-0.2, -0.15) is 4.98 Å². The van der Waals surface area contributed by atoms with Crippen molar-refractivity contribution < 1.29 is 18.6 Å². The molecule has 2 aliphatic heterocycles. The number of aromatic nitrogens is 6. The molecule has 0 radical (unpaired) electrons. The highest BCUT2D eigenvalue weighted by Gasteiger charge is 2.43. The van der Waals surface area contributed by atoms with Gasteiger partial charge in [0, 0.05) is 43.6 Å². The third-order valence-electron chi connectivity index (χ3n) is 8.19. The summed E-state index contributed by atoms with van der Waals surface area (Å²) in [6.45, 7) is 5.52. The van der Waals surface area contributed by atoms with Crippen molar-refractivity contribution >= 4 is 17.5 Å². The van der Waals surface area contributed by atoms with Crippen molar-refractivity contribution in [2.24, 2.45) is 7.05 Å². The van der Waals surface area contributed by atoms with E-state index in [1.807, 2.05) is 0 Å². The number of aliphatic hydroxyl groups excluding tert-OH is 1. The third-order valence-corrected chi connectivity index (χ3v) is 8.19. The quantitative estimate of drug-likeness (QED) is 0.398. The van der Waals surface area contributed by atoms with Crippen molar-refractivity contribution in [3.63, 3.8) is 0 Å². The van der Waals surface area contributed by atoms with Crippen LogP contribution in [0.15, 0.2) is 23.1 Å². The van der Waals surface area contributed by atoms with Gasteiger partial charge in [-0.05, 0) is 57.4 Å². The highest BCUT2D eigenvalue weighted by atomic mass is 19.1. The Morgan fingerprint density at radius 2 is 1.98 bits per heavy atom. The number of hydrogen-bond donors (Lipinski definition) is 3. The highest BCUT2D eigenvalue weighted by Crippen LogP contribution is 2.39. The maximum absolute atomic E-state index is 15.3. The zero-order chi connectivity index (χ0) is 28.2. The van der Waals surface area contributed by atoms with Crippen molar-refractivity contribution in [3.05, 3.63) is 40.4 Å². The minimum Gasteiger partial charge on any atom is -0.488 e. The van der Waals surface area contributed by atoms with E-state index in [2.05, 4.69) is 49.7 Å². The largest absolute Gasteiger partial charge is 0.488 e. The first-order chi connectivity index (χ1) is 19.1. The molecule has 2 atom stereocenters. The zero-order valence-corrected chi connectivity index (χ0v) is 22.6. The Labute approximate surface area is 229 Å². The van der Waals surface area contributed by atoms with Crippen LogP contribution in [0.25, 0.3) is 5.69 Å². The van der Waals surface area contributed by atoms with Gasteiger partial charge in [0.25, 0.3) is 0 Å². The summed E-state index contributed by atoms with van der Waals surface area (Å²) < 4.78 is 37.1. The number of rotatable bonds is 7. The molecule has 3 aliphatic rings. The van der Waals surface area contributed by atoms with Crippen LogP contribution in [0.1, 0.15) is 52.4 Å². The first-order valence-electron chi connectivity index (χ1n) is 13.6. The summed E-state index contributed by atoms with van der Waals surface area (Å²) in [5.41, 5.74) is -0.400. The summed E-state index contributed by atoms with van der Waals surface area (Å²) in [6.07, 6.45) is 5.12. The minimum atomic E-state index is -0.679. The van der Waals surface area contributed by atoms with Crippen LogP contribution in [0.3, 0.4) is 0 Å². The smallest absolute Gasteiger partial charge is 0.383 e. The predicted octanol–water partition coefficient (Wildman–Crippen LogP) is 2.50. The number of ether oxygens (including phenoxy) is 1. The molecule has 1 aliphatic carbocycles. The normalized spacial score (nSPS) is 25.8. The van der Waals surface area contributed by atoms with Crippen LogP contribution in [0.5, 0.6) is 5.75 Å². The number of anilines is 3. The molecule has 0 unspecified atom stereocenters. The van der Waals surface area contributed by atoms with E-state index < -0.39 is 23.4 Å². The number of nitrogens with one attached hydrogen (secondary N) is 2. The summed E-state index contributed by atoms with van der Waals surface area (Å²) in [7, 11) is 1.47. The average Bonchev–Trinajstić information content (AvgIpc) is 3.49. The first kappa shape index (κ1) is 26.6. The average molecular weight is 558 g/mol. The molecule has 1 saturated carbocycles. The molecule has 14 heteroatoms. The molecule has 1 aromatic carbocycles. The van der Waals surface area contributed by atoms with E-state index in [-0.39, 0.29) is 46.6 Å². The molecule has 4 heterocycles. The Kier molecular flexibility index (Phi) is 6.69. The van der Waals surface area contributed by atoms with Gasteiger partial charge in [0.1, 0.15) is 17.5 Å². The summed E-state index contributed by atoms with van der Waals surface area (Å²) in [5, 5.41) is 23.1. The van der Waals surface area contributed by atoms with E-state index in [9.17, 15) is 14.3 Å². The van der Waals surface area contributed by atoms with Crippen LogP contribution in [0.2, 0.25) is 0 Å². The predicted molar refractivity (Wildman–Crippen MR) is 142 cm³/mol. The van der Waals surface area contributed by atoms with Crippen molar-refractivity contribution in [1.29, 1.82) is 0 Å². The molecular weight excluding hydrogens is 524 g/mol. The summed E-state index contributed by atoms with van der Waals surface area (Å²) in [5.74, 6) is -1.10. The Morgan fingerprint density at radius 3 is 2.70 bits per heavy atom. The van der Waals surface area contributed by atoms with Crippen LogP contribution in [-0.2, 0) is 7.05 Å². The molecule has 2 aromatic heterocycles. The molecule has 214 valence electrons. The zero-order valence-electron chi connectivity index (χ0n) is 22.6. The third kappa shape index (κ3) is 5.01. The molecule has 0 spiro atoms. The number of halogens is 2. The maximum Gasteiger partial charge on any atom is 0.383 e. The fourth-order valence-corrected chi connectivity index (χ4v) is 6.16. The number of piperidine rings is 1. The summed E-state index contributed by atoms with van der Waals surface area (Å²) in [4.78, 5) is 24.0. The van der Waals surface area contributed by atoms with E-state index in [0.717, 1.165) is 42.8 Å². The molecule has 3 fully saturated rings. The van der Waals surface area contributed by atoms with Crippen LogP contribution >= 0.6 is 0 Å². The molecule has 6 rings (SSSR count). The molecule has 40 heavy (non-hydrogen) atoms. The van der Waals surface area contributed by atoms with Crippen LogP contribution in [0.4, 0.5) is 26.2 Å². The van der Waals surface area contributed by atoms with E-state index in [1.54, 1.807) is 0 Å². The Bertz CT molecular complexity index is 1470. The second-order valence-electron chi connectivity index (χ2n) is 11.5. The van der Waals surface area contributed by atoms with Gasteiger partial charge in [-0.3, -0.25) is 4.90 Å². The summed E-state index contributed by atoms with van der Waals surface area (Å²) >= 11 is 0. The maximum atomic E-state index is 15.3. The number of aliphatic hydroxyl groups is 1. The lowest BCUT2D eigenvalue weighted by Gasteiger charge is -2.47.